The second-order valence-electron chi connectivity index (χ2n) is 10.00. The maximum Gasteiger partial charge on any atom is 0.231 e. The van der Waals surface area contributed by atoms with Crippen molar-refractivity contribution in [2.24, 2.45) is 5.14 Å². The van der Waals surface area contributed by atoms with Crippen LogP contribution in [0.5, 0.6) is 17.2 Å². The molecule has 0 saturated carbocycles. The summed E-state index contributed by atoms with van der Waals surface area (Å²) < 4.78 is 58.1. The number of hydrogen-bond acceptors (Lipinski definition) is 7. The zero-order valence-corrected chi connectivity index (χ0v) is 23.2. The quantitative estimate of drug-likeness (QED) is 0.222. The molecule has 0 aliphatic carbocycles. The van der Waals surface area contributed by atoms with Gasteiger partial charge in [0.05, 0.1) is 6.10 Å². The van der Waals surface area contributed by atoms with Gasteiger partial charge < -0.3 is 25.1 Å². The van der Waals surface area contributed by atoms with Gasteiger partial charge in [-0.3, -0.25) is 0 Å². The third kappa shape index (κ3) is 6.30. The lowest BCUT2D eigenvalue weighted by molar-refractivity contribution is 0.174. The van der Waals surface area contributed by atoms with Gasteiger partial charge in [0, 0.05) is 22.7 Å². The van der Waals surface area contributed by atoms with Gasteiger partial charge >= 0.3 is 0 Å². The Labute approximate surface area is 238 Å². The Morgan fingerprint density at radius 1 is 0.951 bits per heavy atom. The molecule has 0 amide bonds. The first kappa shape index (κ1) is 28.4. The van der Waals surface area contributed by atoms with Crippen molar-refractivity contribution in [3.05, 3.63) is 119 Å². The van der Waals surface area contributed by atoms with Crippen molar-refractivity contribution in [2.45, 2.75) is 37.2 Å². The van der Waals surface area contributed by atoms with Crippen LogP contribution in [0.2, 0.25) is 0 Å². The highest BCUT2D eigenvalue weighted by molar-refractivity contribution is 7.89. The van der Waals surface area contributed by atoms with Gasteiger partial charge in [-0.15, -0.1) is 0 Å². The van der Waals surface area contributed by atoms with Gasteiger partial charge in [-0.05, 0) is 60.4 Å². The summed E-state index contributed by atoms with van der Waals surface area (Å²) in [5.74, 6) is -0.0187. The minimum Gasteiger partial charge on any atom is -0.488 e. The standard InChI is InChI=1S/C31H31FN2O6S/c1-19(35)29-26(33)13-12-24(30(29)38-17-21-5-3-2-4-6-21)31(41(34,36)37)25(15-20-7-10-23(32)11-8-20)22-9-14-27-28(16-22)40-18-39-27/h2-14,16,19,25,31,35H,15,17-18,33H2,1H3,(H2,34,36,37). The number of hydrogen-bond donors (Lipinski definition) is 3. The van der Waals surface area contributed by atoms with Crippen molar-refractivity contribution in [3.8, 4) is 17.2 Å². The van der Waals surface area contributed by atoms with Crippen LogP contribution in [0.25, 0.3) is 0 Å². The van der Waals surface area contributed by atoms with E-state index in [4.69, 9.17) is 25.1 Å². The van der Waals surface area contributed by atoms with E-state index in [-0.39, 0.29) is 42.4 Å². The zero-order valence-electron chi connectivity index (χ0n) is 22.4. The maximum atomic E-state index is 13.7. The summed E-state index contributed by atoms with van der Waals surface area (Å²) in [4.78, 5) is 0. The summed E-state index contributed by atoms with van der Waals surface area (Å²) in [5.41, 5.74) is 9.17. The molecule has 4 aromatic carbocycles. The van der Waals surface area contributed by atoms with Gasteiger partial charge in [0.2, 0.25) is 16.8 Å². The lowest BCUT2D eigenvalue weighted by Gasteiger charge is -2.30. The molecule has 8 nitrogen and oxygen atoms in total. The zero-order chi connectivity index (χ0) is 29.1. The van der Waals surface area contributed by atoms with Gasteiger partial charge in [0.25, 0.3) is 0 Å². The summed E-state index contributed by atoms with van der Waals surface area (Å²) in [7, 11) is -4.32. The van der Waals surface area contributed by atoms with Crippen LogP contribution in [-0.2, 0) is 23.1 Å². The van der Waals surface area contributed by atoms with E-state index < -0.39 is 33.1 Å². The number of benzene rings is 4. The van der Waals surface area contributed by atoms with Crippen molar-refractivity contribution >= 4 is 15.7 Å². The minimum absolute atomic E-state index is 0.0488. The van der Waals surface area contributed by atoms with Crippen LogP contribution in [0.4, 0.5) is 10.1 Å². The molecule has 10 heteroatoms. The number of primary sulfonamides is 1. The Kier molecular flexibility index (Phi) is 8.16. The first-order valence-electron chi connectivity index (χ1n) is 13.0. The van der Waals surface area contributed by atoms with Crippen LogP contribution in [0.3, 0.4) is 0 Å². The van der Waals surface area contributed by atoms with Crippen LogP contribution >= 0.6 is 0 Å². The van der Waals surface area contributed by atoms with Crippen molar-refractivity contribution in [1.29, 1.82) is 0 Å². The smallest absolute Gasteiger partial charge is 0.231 e. The number of ether oxygens (including phenoxy) is 3. The number of halogens is 1. The summed E-state index contributed by atoms with van der Waals surface area (Å²) in [6.07, 6.45) is -0.879. The molecule has 5 rings (SSSR count). The first-order chi connectivity index (χ1) is 19.6. The topological polar surface area (TPSA) is 134 Å². The highest BCUT2D eigenvalue weighted by Crippen LogP contribution is 2.47. The molecule has 1 heterocycles. The molecule has 4 aromatic rings. The van der Waals surface area contributed by atoms with Crippen molar-refractivity contribution in [2.75, 3.05) is 12.5 Å². The predicted octanol–water partition coefficient (Wildman–Crippen LogP) is 5.13. The summed E-state index contributed by atoms with van der Waals surface area (Å²) in [6, 6.07) is 23.5. The van der Waals surface area contributed by atoms with Crippen molar-refractivity contribution in [1.82, 2.24) is 0 Å². The predicted molar refractivity (Wildman–Crippen MR) is 154 cm³/mol. The summed E-state index contributed by atoms with van der Waals surface area (Å²) in [6.45, 7) is 1.68. The number of anilines is 1. The monoisotopic (exact) mass is 578 g/mol. The van der Waals surface area contributed by atoms with Crippen LogP contribution < -0.4 is 25.1 Å². The fourth-order valence-electron chi connectivity index (χ4n) is 5.22. The normalized spacial score (nSPS) is 14.8. The Morgan fingerprint density at radius 2 is 1.66 bits per heavy atom. The van der Waals surface area contributed by atoms with Gasteiger partial charge in [-0.1, -0.05) is 54.6 Å². The lowest BCUT2D eigenvalue weighted by atomic mass is 9.84. The van der Waals surface area contributed by atoms with Crippen molar-refractivity contribution < 1.29 is 32.1 Å². The number of sulfonamides is 1. The molecule has 0 radical (unpaired) electrons. The molecule has 1 aliphatic heterocycles. The third-order valence-electron chi connectivity index (χ3n) is 7.12. The molecule has 0 aromatic heterocycles. The molecule has 0 bridgehead atoms. The largest absolute Gasteiger partial charge is 0.488 e. The second-order valence-corrected chi connectivity index (χ2v) is 11.7. The molecular weight excluding hydrogens is 547 g/mol. The average molecular weight is 579 g/mol. The van der Waals surface area contributed by atoms with E-state index in [0.29, 0.717) is 22.6 Å². The van der Waals surface area contributed by atoms with Crippen LogP contribution in [0, 0.1) is 5.82 Å². The number of aliphatic hydroxyl groups excluding tert-OH is 1. The molecular formula is C31H31FN2O6S. The first-order valence-corrected chi connectivity index (χ1v) is 14.7. The maximum absolute atomic E-state index is 13.7. The molecule has 41 heavy (non-hydrogen) atoms. The van der Waals surface area contributed by atoms with E-state index in [1.807, 2.05) is 30.3 Å². The molecule has 3 unspecified atom stereocenters. The van der Waals surface area contributed by atoms with E-state index in [9.17, 15) is 17.9 Å². The molecule has 214 valence electrons. The third-order valence-corrected chi connectivity index (χ3v) is 8.41. The van der Waals surface area contributed by atoms with Crippen molar-refractivity contribution in [3.63, 3.8) is 0 Å². The SMILES string of the molecule is CC(O)c1c(N)ccc(C(C(Cc2ccc(F)cc2)c2ccc3c(c2)OCO3)S(N)(=O)=O)c1OCc1ccccc1. The number of fused-ring (bicyclic) bond motifs is 1. The van der Waals surface area contributed by atoms with Gasteiger partial charge in [0.1, 0.15) is 23.4 Å². The average Bonchev–Trinajstić information content (AvgIpc) is 3.41. The molecule has 1 aliphatic rings. The number of rotatable bonds is 10. The number of nitrogen functional groups attached to an aromatic ring is 1. The minimum atomic E-state index is -4.32. The summed E-state index contributed by atoms with van der Waals surface area (Å²) >= 11 is 0. The van der Waals surface area contributed by atoms with Gasteiger partial charge in [0.15, 0.2) is 11.5 Å². The van der Waals surface area contributed by atoms with Crippen LogP contribution in [0.1, 0.15) is 52.0 Å². The Bertz CT molecular complexity index is 1630. The highest BCUT2D eigenvalue weighted by atomic mass is 32.2. The van der Waals surface area contributed by atoms with E-state index in [2.05, 4.69) is 0 Å². The van der Waals surface area contributed by atoms with Gasteiger partial charge in [-0.25, -0.2) is 17.9 Å². The highest BCUT2D eigenvalue weighted by Gasteiger charge is 2.38. The number of aliphatic hydroxyl groups is 1. The van der Waals surface area contributed by atoms with E-state index >= 15 is 0 Å². The Morgan fingerprint density at radius 3 is 2.34 bits per heavy atom. The molecule has 0 saturated heterocycles. The van der Waals surface area contributed by atoms with Crippen LogP contribution in [0.15, 0.2) is 84.9 Å². The van der Waals surface area contributed by atoms with E-state index in [1.165, 1.54) is 19.1 Å². The fraction of sp³-hybridized carbons (Fsp3) is 0.226. The molecule has 0 spiro atoms. The Hall–Kier alpha value is -4.12. The molecule has 5 N–H and O–H groups in total. The summed E-state index contributed by atoms with van der Waals surface area (Å²) in [5, 5.41) is 15.4. The number of nitrogens with two attached hydrogens (primary N) is 2. The molecule has 3 atom stereocenters. The second kappa shape index (κ2) is 11.8. The van der Waals surface area contributed by atoms with E-state index in [1.54, 1.807) is 42.5 Å². The lowest BCUT2D eigenvalue weighted by Crippen LogP contribution is -2.29. The molecule has 0 fully saturated rings. The van der Waals surface area contributed by atoms with E-state index in [0.717, 1.165) is 5.56 Å². The van der Waals surface area contributed by atoms with Gasteiger partial charge in [-0.2, -0.15) is 0 Å². The Balaban J connectivity index is 1.68. The van der Waals surface area contributed by atoms with Crippen LogP contribution in [-0.4, -0.2) is 20.3 Å². The fourth-order valence-corrected chi connectivity index (χ4v) is 6.47.